The molecule has 0 fully saturated rings. The van der Waals surface area contributed by atoms with Crippen molar-refractivity contribution in [1.29, 1.82) is 0 Å². The fraction of sp³-hybridized carbons (Fsp3) is 0.0556. The molecule has 0 bridgehead atoms. The maximum atomic E-state index is 2.26. The summed E-state index contributed by atoms with van der Waals surface area (Å²) in [7, 11) is 0. The molecule has 1 heteroatoms. The second-order valence-corrected chi connectivity index (χ2v) is 4.98. The lowest BCUT2D eigenvalue weighted by Gasteiger charge is -2.05. The molecule has 19 heavy (non-hydrogen) atoms. The molecule has 0 radical (unpaired) electrons. The normalized spacial score (nSPS) is 11.4. The van der Waals surface area contributed by atoms with Crippen LogP contribution in [0.15, 0.2) is 66.9 Å². The first kappa shape index (κ1) is 10.5. The van der Waals surface area contributed by atoms with Gasteiger partial charge < -0.3 is 0 Å². The highest BCUT2D eigenvalue weighted by Crippen LogP contribution is 2.27. The number of aryl methyl sites for hydroxylation is 1. The average Bonchev–Trinajstić information content (AvgIpc) is 2.47. The van der Waals surface area contributed by atoms with Gasteiger partial charge in [0.05, 0.1) is 5.39 Å². The number of aromatic nitrogens is 1. The summed E-state index contributed by atoms with van der Waals surface area (Å²) >= 11 is 0. The average molecular weight is 244 g/mol. The predicted molar refractivity (Wildman–Crippen MR) is 79.4 cm³/mol. The molecule has 0 spiro atoms. The minimum atomic E-state index is 1.24. The van der Waals surface area contributed by atoms with E-state index in [2.05, 4.69) is 78.2 Å². The van der Waals surface area contributed by atoms with Gasteiger partial charge in [-0.25, -0.2) is 0 Å². The predicted octanol–water partition coefficient (Wildman–Crippen LogP) is 4.04. The van der Waals surface area contributed by atoms with E-state index < -0.39 is 0 Å². The van der Waals surface area contributed by atoms with Crippen molar-refractivity contribution in [3.63, 3.8) is 0 Å². The number of fused-ring (bicyclic) bond motifs is 4. The van der Waals surface area contributed by atoms with Gasteiger partial charge in [0.1, 0.15) is 0 Å². The fourth-order valence-electron chi connectivity index (χ4n) is 2.97. The van der Waals surface area contributed by atoms with Gasteiger partial charge >= 0.3 is 0 Å². The van der Waals surface area contributed by atoms with Crippen LogP contribution in [0.25, 0.3) is 27.1 Å². The highest BCUT2D eigenvalue weighted by molar-refractivity contribution is 6.08. The Labute approximate surface area is 111 Å². The molecule has 0 aliphatic heterocycles. The molecular weight excluding hydrogens is 230 g/mol. The van der Waals surface area contributed by atoms with Crippen LogP contribution in [0.3, 0.4) is 0 Å². The topological polar surface area (TPSA) is 4.10 Å². The van der Waals surface area contributed by atoms with Gasteiger partial charge in [0.2, 0.25) is 5.52 Å². The van der Waals surface area contributed by atoms with Crippen LogP contribution in [0.5, 0.6) is 0 Å². The van der Waals surface area contributed by atoms with Crippen LogP contribution in [0.2, 0.25) is 0 Å². The summed E-state index contributed by atoms with van der Waals surface area (Å²) < 4.78 is 2.26. The Bertz CT molecular complexity index is 922. The Hall–Kier alpha value is -2.41. The third kappa shape index (κ3) is 1.45. The largest absolute Gasteiger partial charge is 0.211 e. The van der Waals surface area contributed by atoms with Gasteiger partial charge in [-0.05, 0) is 22.2 Å². The van der Waals surface area contributed by atoms with E-state index in [9.17, 15) is 0 Å². The minimum absolute atomic E-state index is 1.24. The van der Waals surface area contributed by atoms with Gasteiger partial charge in [0.15, 0.2) is 11.9 Å². The molecule has 0 amide bonds. The standard InChI is InChI=1S/C18H14N/c1-13-18-15(12-16-7-4-5-11-19(13)16)10-9-14-6-2-3-8-17(14)18/h2-12H,1H3/q+1. The first-order chi connectivity index (χ1) is 9.34. The Morgan fingerprint density at radius 1 is 0.789 bits per heavy atom. The van der Waals surface area contributed by atoms with Crippen molar-refractivity contribution in [1.82, 2.24) is 0 Å². The maximum Gasteiger partial charge on any atom is 0.211 e. The fourth-order valence-corrected chi connectivity index (χ4v) is 2.97. The third-order valence-corrected chi connectivity index (χ3v) is 3.88. The van der Waals surface area contributed by atoms with Gasteiger partial charge in [-0.1, -0.05) is 36.4 Å². The second kappa shape index (κ2) is 3.79. The van der Waals surface area contributed by atoms with Crippen LogP contribution in [-0.4, -0.2) is 0 Å². The van der Waals surface area contributed by atoms with Crippen LogP contribution in [0, 0.1) is 6.92 Å². The molecule has 4 rings (SSSR count). The van der Waals surface area contributed by atoms with E-state index in [4.69, 9.17) is 0 Å². The Morgan fingerprint density at radius 3 is 2.53 bits per heavy atom. The molecule has 2 heterocycles. The molecule has 0 aliphatic rings. The molecule has 90 valence electrons. The van der Waals surface area contributed by atoms with E-state index in [-0.39, 0.29) is 0 Å². The van der Waals surface area contributed by atoms with Crippen molar-refractivity contribution < 1.29 is 4.40 Å². The number of benzene rings is 2. The van der Waals surface area contributed by atoms with Gasteiger partial charge in [-0.2, -0.15) is 4.40 Å². The van der Waals surface area contributed by atoms with Gasteiger partial charge in [0.25, 0.3) is 0 Å². The van der Waals surface area contributed by atoms with Crippen LogP contribution < -0.4 is 4.40 Å². The Kier molecular flexibility index (Phi) is 2.10. The molecule has 2 aromatic heterocycles. The molecule has 0 aliphatic carbocycles. The van der Waals surface area contributed by atoms with Crippen LogP contribution in [0.1, 0.15) is 5.69 Å². The first-order valence-electron chi connectivity index (χ1n) is 6.56. The molecule has 0 atom stereocenters. The summed E-state index contributed by atoms with van der Waals surface area (Å²) in [6, 6.07) is 21.6. The molecule has 0 unspecified atom stereocenters. The number of hydrogen-bond acceptors (Lipinski definition) is 0. The van der Waals surface area contributed by atoms with E-state index in [1.165, 1.54) is 32.8 Å². The first-order valence-corrected chi connectivity index (χ1v) is 6.56. The van der Waals surface area contributed by atoms with Gasteiger partial charge in [-0.3, -0.25) is 0 Å². The van der Waals surface area contributed by atoms with E-state index >= 15 is 0 Å². The zero-order valence-corrected chi connectivity index (χ0v) is 10.8. The maximum absolute atomic E-state index is 2.26. The summed E-state index contributed by atoms with van der Waals surface area (Å²) in [5, 5.41) is 5.29. The van der Waals surface area contributed by atoms with Crippen molar-refractivity contribution in [3.8, 4) is 0 Å². The monoisotopic (exact) mass is 244 g/mol. The zero-order chi connectivity index (χ0) is 12.8. The molecule has 0 saturated carbocycles. The lowest BCUT2D eigenvalue weighted by atomic mass is 10.0. The molecule has 1 nitrogen and oxygen atoms in total. The van der Waals surface area contributed by atoms with Gasteiger partial charge in [0, 0.05) is 25.1 Å². The van der Waals surface area contributed by atoms with Crippen LogP contribution >= 0.6 is 0 Å². The SMILES string of the molecule is Cc1c2c(ccc3ccccc32)cc2cccc[n+]12. The molecule has 0 N–H and O–H groups in total. The van der Waals surface area contributed by atoms with Gasteiger partial charge in [-0.15, -0.1) is 0 Å². The highest BCUT2D eigenvalue weighted by atomic mass is 14.9. The second-order valence-electron chi connectivity index (χ2n) is 4.98. The summed E-state index contributed by atoms with van der Waals surface area (Å²) in [6.45, 7) is 2.20. The quantitative estimate of drug-likeness (QED) is 0.250. The summed E-state index contributed by atoms with van der Waals surface area (Å²) in [5.74, 6) is 0. The molecular formula is C18H14N+. The van der Waals surface area contributed by atoms with Crippen molar-refractivity contribution in [2.45, 2.75) is 6.92 Å². The smallest absolute Gasteiger partial charge is 0.164 e. The van der Waals surface area contributed by atoms with E-state index in [0.717, 1.165) is 0 Å². The van der Waals surface area contributed by atoms with Crippen molar-refractivity contribution >= 4 is 27.1 Å². The highest BCUT2D eigenvalue weighted by Gasteiger charge is 2.13. The molecule has 4 aromatic rings. The molecule has 2 aromatic carbocycles. The van der Waals surface area contributed by atoms with Crippen LogP contribution in [-0.2, 0) is 0 Å². The molecule has 0 saturated heterocycles. The lowest BCUT2D eigenvalue weighted by molar-refractivity contribution is -0.517. The third-order valence-electron chi connectivity index (χ3n) is 3.88. The van der Waals surface area contributed by atoms with E-state index in [1.807, 2.05) is 0 Å². The van der Waals surface area contributed by atoms with E-state index in [0.29, 0.717) is 0 Å². The van der Waals surface area contributed by atoms with Crippen molar-refractivity contribution in [2.24, 2.45) is 0 Å². The van der Waals surface area contributed by atoms with Crippen molar-refractivity contribution in [2.75, 3.05) is 0 Å². The number of pyridine rings is 2. The Balaban J connectivity index is 2.33. The number of nitrogens with zero attached hydrogens (tertiary/aromatic N) is 1. The minimum Gasteiger partial charge on any atom is -0.164 e. The Morgan fingerprint density at radius 2 is 1.58 bits per heavy atom. The van der Waals surface area contributed by atoms with Crippen molar-refractivity contribution in [3.05, 3.63) is 72.6 Å². The van der Waals surface area contributed by atoms with E-state index in [1.54, 1.807) is 0 Å². The number of hydrogen-bond donors (Lipinski definition) is 0. The zero-order valence-electron chi connectivity index (χ0n) is 10.8. The summed E-state index contributed by atoms with van der Waals surface area (Å²) in [4.78, 5) is 0. The van der Waals surface area contributed by atoms with Crippen LogP contribution in [0.4, 0.5) is 0 Å². The number of rotatable bonds is 0. The lowest BCUT2D eigenvalue weighted by Crippen LogP contribution is -2.25. The summed E-state index contributed by atoms with van der Waals surface area (Å²) in [6.07, 6.45) is 2.13. The summed E-state index contributed by atoms with van der Waals surface area (Å²) in [5.41, 5.74) is 2.53.